The molecular formula is C15H12N2O. The van der Waals surface area contributed by atoms with Crippen LogP contribution in [-0.2, 0) is 0 Å². The molecule has 3 rings (SSSR count). The van der Waals surface area contributed by atoms with Crippen molar-refractivity contribution in [3.05, 3.63) is 54.9 Å². The Morgan fingerprint density at radius 3 is 2.56 bits per heavy atom. The van der Waals surface area contributed by atoms with Crippen LogP contribution in [0.5, 0.6) is 5.75 Å². The predicted molar refractivity (Wildman–Crippen MR) is 71.5 cm³/mol. The van der Waals surface area contributed by atoms with Gasteiger partial charge in [0.2, 0.25) is 0 Å². The summed E-state index contributed by atoms with van der Waals surface area (Å²) in [7, 11) is 1.67. The number of nitrogens with zero attached hydrogens (tertiary/aromatic N) is 2. The molecule has 3 heteroatoms. The molecule has 0 aliphatic carbocycles. The van der Waals surface area contributed by atoms with E-state index in [4.69, 9.17) is 4.74 Å². The number of rotatable bonds is 2. The minimum Gasteiger partial charge on any atom is -0.497 e. The minimum absolute atomic E-state index is 0.848. The molecule has 0 unspecified atom stereocenters. The second-order valence-corrected chi connectivity index (χ2v) is 3.99. The summed E-state index contributed by atoms with van der Waals surface area (Å²) in [5.41, 5.74) is 2.99. The van der Waals surface area contributed by atoms with Gasteiger partial charge >= 0.3 is 0 Å². The molecule has 3 nitrogen and oxygen atoms in total. The first-order chi connectivity index (χ1) is 8.86. The van der Waals surface area contributed by atoms with Crippen LogP contribution in [0.25, 0.3) is 22.2 Å². The highest BCUT2D eigenvalue weighted by Crippen LogP contribution is 2.23. The topological polar surface area (TPSA) is 35.0 Å². The Morgan fingerprint density at radius 2 is 1.78 bits per heavy atom. The molecule has 3 aromatic rings. The number of ether oxygens (including phenoxy) is 1. The van der Waals surface area contributed by atoms with Crippen LogP contribution in [0.3, 0.4) is 0 Å². The van der Waals surface area contributed by atoms with E-state index in [0.29, 0.717) is 0 Å². The summed E-state index contributed by atoms with van der Waals surface area (Å²) in [6, 6.07) is 13.9. The SMILES string of the molecule is COc1ccc2nc(-c3ccncc3)ccc2c1. The maximum absolute atomic E-state index is 5.20. The lowest BCUT2D eigenvalue weighted by atomic mass is 10.1. The van der Waals surface area contributed by atoms with Crippen molar-refractivity contribution >= 4 is 10.9 Å². The second-order valence-electron chi connectivity index (χ2n) is 3.99. The number of benzene rings is 1. The van der Waals surface area contributed by atoms with Gasteiger partial charge in [0.25, 0.3) is 0 Å². The van der Waals surface area contributed by atoms with Crippen LogP contribution in [0.4, 0.5) is 0 Å². The molecule has 0 saturated heterocycles. The zero-order chi connectivity index (χ0) is 12.4. The molecule has 0 aliphatic heterocycles. The van der Waals surface area contributed by atoms with Crippen molar-refractivity contribution in [1.82, 2.24) is 9.97 Å². The summed E-state index contributed by atoms with van der Waals surface area (Å²) >= 11 is 0. The lowest BCUT2D eigenvalue weighted by molar-refractivity contribution is 0.415. The van der Waals surface area contributed by atoms with Gasteiger partial charge in [0.15, 0.2) is 0 Å². The summed E-state index contributed by atoms with van der Waals surface area (Å²) in [5.74, 6) is 0.848. The van der Waals surface area contributed by atoms with E-state index < -0.39 is 0 Å². The third-order valence-corrected chi connectivity index (χ3v) is 2.87. The van der Waals surface area contributed by atoms with E-state index in [1.807, 2.05) is 36.4 Å². The molecular weight excluding hydrogens is 224 g/mol. The maximum atomic E-state index is 5.20. The van der Waals surface area contributed by atoms with Crippen molar-refractivity contribution in [3.63, 3.8) is 0 Å². The van der Waals surface area contributed by atoms with Gasteiger partial charge in [0.05, 0.1) is 18.3 Å². The number of aromatic nitrogens is 2. The van der Waals surface area contributed by atoms with Crippen molar-refractivity contribution in [2.75, 3.05) is 7.11 Å². The monoisotopic (exact) mass is 236 g/mol. The molecule has 0 saturated carbocycles. The van der Waals surface area contributed by atoms with Gasteiger partial charge in [0.1, 0.15) is 5.75 Å². The quantitative estimate of drug-likeness (QED) is 0.684. The zero-order valence-corrected chi connectivity index (χ0v) is 10.00. The molecule has 1 aromatic carbocycles. The molecule has 0 aliphatic rings. The second kappa shape index (κ2) is 4.45. The summed E-state index contributed by atoms with van der Waals surface area (Å²) in [4.78, 5) is 8.65. The predicted octanol–water partition coefficient (Wildman–Crippen LogP) is 3.31. The van der Waals surface area contributed by atoms with Crippen molar-refractivity contribution in [3.8, 4) is 17.0 Å². The smallest absolute Gasteiger partial charge is 0.119 e. The summed E-state index contributed by atoms with van der Waals surface area (Å²) < 4.78 is 5.20. The molecule has 0 bridgehead atoms. The molecule has 18 heavy (non-hydrogen) atoms. The Balaban J connectivity index is 2.12. The first kappa shape index (κ1) is 10.7. The van der Waals surface area contributed by atoms with Crippen LogP contribution in [-0.4, -0.2) is 17.1 Å². The summed E-state index contributed by atoms with van der Waals surface area (Å²) in [6.07, 6.45) is 3.55. The van der Waals surface area contributed by atoms with Gasteiger partial charge < -0.3 is 4.74 Å². The van der Waals surface area contributed by atoms with Crippen molar-refractivity contribution in [1.29, 1.82) is 0 Å². The third-order valence-electron chi connectivity index (χ3n) is 2.87. The number of methoxy groups -OCH3 is 1. The summed E-state index contributed by atoms with van der Waals surface area (Å²) in [5, 5.41) is 1.08. The van der Waals surface area contributed by atoms with E-state index >= 15 is 0 Å². The average molecular weight is 236 g/mol. The van der Waals surface area contributed by atoms with Crippen molar-refractivity contribution < 1.29 is 4.74 Å². The van der Waals surface area contributed by atoms with Gasteiger partial charge in [-0.3, -0.25) is 4.98 Å². The summed E-state index contributed by atoms with van der Waals surface area (Å²) in [6.45, 7) is 0. The van der Waals surface area contributed by atoms with Crippen LogP contribution in [0, 0.1) is 0 Å². The van der Waals surface area contributed by atoms with E-state index in [1.54, 1.807) is 19.5 Å². The maximum Gasteiger partial charge on any atom is 0.119 e. The largest absolute Gasteiger partial charge is 0.497 e. The first-order valence-corrected chi connectivity index (χ1v) is 5.72. The van der Waals surface area contributed by atoms with E-state index in [0.717, 1.165) is 27.9 Å². The molecule has 2 aromatic heterocycles. The average Bonchev–Trinajstić information content (AvgIpc) is 2.47. The zero-order valence-electron chi connectivity index (χ0n) is 10.00. The first-order valence-electron chi connectivity index (χ1n) is 5.72. The van der Waals surface area contributed by atoms with Crippen molar-refractivity contribution in [2.24, 2.45) is 0 Å². The van der Waals surface area contributed by atoms with Crippen LogP contribution in [0.2, 0.25) is 0 Å². The highest BCUT2D eigenvalue weighted by Gasteiger charge is 2.02. The Bertz CT molecular complexity index is 680. The molecule has 0 N–H and O–H groups in total. The minimum atomic E-state index is 0.848. The lowest BCUT2D eigenvalue weighted by Gasteiger charge is -2.04. The van der Waals surface area contributed by atoms with E-state index in [2.05, 4.69) is 16.0 Å². The standard InChI is InChI=1S/C15H12N2O/c1-18-13-3-5-15-12(10-13)2-4-14(17-15)11-6-8-16-9-7-11/h2-10H,1H3. The molecule has 0 radical (unpaired) electrons. The van der Waals surface area contributed by atoms with E-state index in [1.165, 1.54) is 0 Å². The fourth-order valence-electron chi connectivity index (χ4n) is 1.91. The van der Waals surface area contributed by atoms with Gasteiger partial charge in [-0.2, -0.15) is 0 Å². The molecule has 0 amide bonds. The number of fused-ring (bicyclic) bond motifs is 1. The fourth-order valence-corrected chi connectivity index (χ4v) is 1.91. The number of hydrogen-bond acceptors (Lipinski definition) is 3. The van der Waals surface area contributed by atoms with Crippen LogP contribution < -0.4 is 4.74 Å². The molecule has 2 heterocycles. The van der Waals surface area contributed by atoms with Gasteiger partial charge in [-0.15, -0.1) is 0 Å². The highest BCUT2D eigenvalue weighted by molar-refractivity contribution is 5.82. The third kappa shape index (κ3) is 1.91. The van der Waals surface area contributed by atoms with Gasteiger partial charge in [0, 0.05) is 23.3 Å². The normalized spacial score (nSPS) is 10.5. The van der Waals surface area contributed by atoms with Gasteiger partial charge in [-0.1, -0.05) is 6.07 Å². The molecule has 0 spiro atoms. The van der Waals surface area contributed by atoms with Crippen LogP contribution in [0.15, 0.2) is 54.9 Å². The van der Waals surface area contributed by atoms with Crippen LogP contribution in [0.1, 0.15) is 0 Å². The Hall–Kier alpha value is -2.42. The van der Waals surface area contributed by atoms with Gasteiger partial charge in [-0.25, -0.2) is 4.98 Å². The van der Waals surface area contributed by atoms with Crippen molar-refractivity contribution in [2.45, 2.75) is 0 Å². The van der Waals surface area contributed by atoms with Gasteiger partial charge in [-0.05, 0) is 36.4 Å². The molecule has 88 valence electrons. The molecule has 0 atom stereocenters. The Labute approximate surface area is 105 Å². The number of pyridine rings is 2. The Kier molecular flexibility index (Phi) is 2.65. The van der Waals surface area contributed by atoms with E-state index in [9.17, 15) is 0 Å². The Morgan fingerprint density at radius 1 is 0.944 bits per heavy atom. The lowest BCUT2D eigenvalue weighted by Crippen LogP contribution is -1.87. The molecule has 0 fully saturated rings. The van der Waals surface area contributed by atoms with E-state index in [-0.39, 0.29) is 0 Å². The fraction of sp³-hybridized carbons (Fsp3) is 0.0667. The highest BCUT2D eigenvalue weighted by atomic mass is 16.5. The van der Waals surface area contributed by atoms with Crippen LogP contribution >= 0.6 is 0 Å². The number of hydrogen-bond donors (Lipinski definition) is 0.